The second-order valence-corrected chi connectivity index (χ2v) is 11.1. The summed E-state index contributed by atoms with van der Waals surface area (Å²) in [5.74, 6) is -0.791. The third-order valence-corrected chi connectivity index (χ3v) is 7.77. The first kappa shape index (κ1) is 30.7. The van der Waals surface area contributed by atoms with E-state index in [1.165, 1.54) is 26.2 Å². The quantitative estimate of drug-likeness (QED) is 0.300. The number of carbonyl (C=O) groups excluding carboxylic acids is 3. The van der Waals surface area contributed by atoms with Gasteiger partial charge in [-0.1, -0.05) is 72.3 Å². The summed E-state index contributed by atoms with van der Waals surface area (Å²) < 4.78 is 0. The van der Waals surface area contributed by atoms with Crippen molar-refractivity contribution in [3.63, 3.8) is 0 Å². The molecule has 5 atom stereocenters. The second kappa shape index (κ2) is 15.7. The molecule has 8 nitrogen and oxygen atoms in total. The summed E-state index contributed by atoms with van der Waals surface area (Å²) >= 11 is 0. The van der Waals surface area contributed by atoms with Crippen molar-refractivity contribution in [3.8, 4) is 0 Å². The van der Waals surface area contributed by atoms with Crippen LogP contribution in [-0.4, -0.2) is 46.0 Å². The average molecular weight is 517 g/mol. The molecule has 4 N–H and O–H groups in total. The van der Waals surface area contributed by atoms with Gasteiger partial charge in [-0.3, -0.25) is 19.4 Å². The minimum Gasteiger partial charge on any atom is -0.391 e. The Morgan fingerprint density at radius 3 is 2.32 bits per heavy atom. The maximum absolute atomic E-state index is 13.5. The SMILES string of the molecule is CC[C@H](C)[C@H](NC(=O)[C@@H](C[C@H](O)[C@H](CC1CCCCC1)NC(C)=O)C(C)C)C(=O)NCc1ccccn1. The normalized spacial score (nSPS) is 18.4. The fraction of sp³-hybridized carbons (Fsp3) is 0.724. The lowest BCUT2D eigenvalue weighted by atomic mass is 9.81. The molecule has 3 amide bonds. The Balaban J connectivity index is 2.07. The number of aliphatic hydroxyl groups is 1. The van der Waals surface area contributed by atoms with Crippen LogP contribution in [0.5, 0.6) is 0 Å². The minimum atomic E-state index is -0.844. The van der Waals surface area contributed by atoms with Gasteiger partial charge in [-0.05, 0) is 42.7 Å². The molecule has 0 aromatic carbocycles. The molecular formula is C29H48N4O4. The highest BCUT2D eigenvalue weighted by Crippen LogP contribution is 2.29. The predicted octanol–water partition coefficient (Wildman–Crippen LogP) is 3.73. The van der Waals surface area contributed by atoms with E-state index in [9.17, 15) is 19.5 Å². The third kappa shape index (κ3) is 10.4. The first-order valence-corrected chi connectivity index (χ1v) is 14.0. The molecule has 0 radical (unpaired) electrons. The number of hydrogen-bond acceptors (Lipinski definition) is 5. The number of pyridine rings is 1. The Hall–Kier alpha value is -2.48. The molecule has 208 valence electrons. The van der Waals surface area contributed by atoms with Crippen molar-refractivity contribution in [2.24, 2.45) is 23.7 Å². The van der Waals surface area contributed by atoms with Crippen LogP contribution >= 0.6 is 0 Å². The Morgan fingerprint density at radius 1 is 1.05 bits per heavy atom. The van der Waals surface area contributed by atoms with Crippen molar-refractivity contribution >= 4 is 17.7 Å². The molecule has 0 aliphatic heterocycles. The zero-order valence-corrected chi connectivity index (χ0v) is 23.3. The van der Waals surface area contributed by atoms with Crippen LogP contribution in [0.25, 0.3) is 0 Å². The zero-order valence-electron chi connectivity index (χ0n) is 23.3. The van der Waals surface area contributed by atoms with Crippen LogP contribution in [0, 0.1) is 23.7 Å². The molecule has 0 saturated heterocycles. The first-order chi connectivity index (χ1) is 17.6. The largest absolute Gasteiger partial charge is 0.391 e. The smallest absolute Gasteiger partial charge is 0.243 e. The molecule has 1 aliphatic carbocycles. The van der Waals surface area contributed by atoms with Gasteiger partial charge in [-0.25, -0.2) is 0 Å². The Bertz CT molecular complexity index is 842. The number of nitrogens with zero attached hydrogens (tertiary/aromatic N) is 1. The van der Waals surface area contributed by atoms with E-state index in [0.717, 1.165) is 31.4 Å². The van der Waals surface area contributed by atoms with Crippen molar-refractivity contribution in [1.82, 2.24) is 20.9 Å². The van der Waals surface area contributed by atoms with Crippen LogP contribution in [0.2, 0.25) is 0 Å². The van der Waals surface area contributed by atoms with E-state index in [2.05, 4.69) is 20.9 Å². The fourth-order valence-corrected chi connectivity index (χ4v) is 5.21. The number of aliphatic hydroxyl groups excluding tert-OH is 1. The van der Waals surface area contributed by atoms with E-state index in [1.807, 2.05) is 45.9 Å². The predicted molar refractivity (Wildman–Crippen MR) is 145 cm³/mol. The molecule has 2 rings (SSSR count). The molecular weight excluding hydrogens is 468 g/mol. The monoisotopic (exact) mass is 516 g/mol. The molecule has 1 aromatic rings. The Kier molecular flexibility index (Phi) is 13.0. The van der Waals surface area contributed by atoms with Gasteiger partial charge in [0.25, 0.3) is 0 Å². The number of nitrogens with one attached hydrogen (secondary N) is 3. The van der Waals surface area contributed by atoms with Gasteiger partial charge >= 0.3 is 0 Å². The van der Waals surface area contributed by atoms with Gasteiger partial charge in [0.2, 0.25) is 17.7 Å². The number of aromatic nitrogens is 1. The van der Waals surface area contributed by atoms with E-state index >= 15 is 0 Å². The highest BCUT2D eigenvalue weighted by molar-refractivity contribution is 5.88. The molecule has 37 heavy (non-hydrogen) atoms. The molecule has 1 fully saturated rings. The Morgan fingerprint density at radius 2 is 1.76 bits per heavy atom. The summed E-state index contributed by atoms with van der Waals surface area (Å²) in [6, 6.07) is 4.45. The summed E-state index contributed by atoms with van der Waals surface area (Å²) in [7, 11) is 0. The summed E-state index contributed by atoms with van der Waals surface area (Å²) in [6.07, 6.45) is 8.34. The number of carbonyl (C=O) groups is 3. The molecule has 0 unspecified atom stereocenters. The molecule has 0 bridgehead atoms. The highest BCUT2D eigenvalue weighted by Gasteiger charge is 2.34. The summed E-state index contributed by atoms with van der Waals surface area (Å²) in [6.45, 7) is 9.59. The van der Waals surface area contributed by atoms with Crippen molar-refractivity contribution in [2.75, 3.05) is 0 Å². The van der Waals surface area contributed by atoms with Crippen molar-refractivity contribution in [2.45, 2.75) is 111 Å². The first-order valence-electron chi connectivity index (χ1n) is 14.0. The topological polar surface area (TPSA) is 120 Å². The van der Waals surface area contributed by atoms with E-state index in [-0.39, 0.29) is 48.6 Å². The average Bonchev–Trinajstić information content (AvgIpc) is 2.88. The summed E-state index contributed by atoms with van der Waals surface area (Å²) in [4.78, 5) is 42.7. The van der Waals surface area contributed by atoms with Gasteiger partial charge < -0.3 is 21.1 Å². The second-order valence-electron chi connectivity index (χ2n) is 11.1. The van der Waals surface area contributed by atoms with E-state index in [4.69, 9.17) is 0 Å². The maximum Gasteiger partial charge on any atom is 0.243 e. The van der Waals surface area contributed by atoms with Crippen LogP contribution in [0.15, 0.2) is 24.4 Å². The van der Waals surface area contributed by atoms with Gasteiger partial charge in [0.15, 0.2) is 0 Å². The summed E-state index contributed by atoms with van der Waals surface area (Å²) in [5.41, 5.74) is 0.746. The van der Waals surface area contributed by atoms with Crippen LogP contribution in [-0.2, 0) is 20.9 Å². The van der Waals surface area contributed by atoms with Gasteiger partial charge in [-0.15, -0.1) is 0 Å². The van der Waals surface area contributed by atoms with Gasteiger partial charge in [0, 0.05) is 19.0 Å². The summed E-state index contributed by atoms with van der Waals surface area (Å²) in [5, 5.41) is 20.0. The van der Waals surface area contributed by atoms with Crippen LogP contribution in [0.1, 0.15) is 91.7 Å². The lowest BCUT2D eigenvalue weighted by molar-refractivity contribution is -0.134. The van der Waals surface area contributed by atoms with Gasteiger partial charge in [0.1, 0.15) is 6.04 Å². The molecule has 0 spiro atoms. The molecule has 1 heterocycles. The number of hydrogen-bond donors (Lipinski definition) is 4. The van der Waals surface area contributed by atoms with E-state index < -0.39 is 18.1 Å². The lowest BCUT2D eigenvalue weighted by Gasteiger charge is -2.33. The van der Waals surface area contributed by atoms with Crippen molar-refractivity contribution in [1.29, 1.82) is 0 Å². The molecule has 8 heteroatoms. The third-order valence-electron chi connectivity index (χ3n) is 7.77. The van der Waals surface area contributed by atoms with Gasteiger partial charge in [-0.2, -0.15) is 0 Å². The number of amides is 3. The van der Waals surface area contributed by atoms with Crippen LogP contribution < -0.4 is 16.0 Å². The standard InChI is InChI=1S/C29H48N4O4/c1-6-20(4)27(29(37)31-18-23-14-10-11-15-30-23)33-28(36)24(19(2)3)17-26(35)25(32-21(5)34)16-22-12-8-7-9-13-22/h10-11,14-15,19-20,22,24-27,35H,6-9,12-13,16-18H2,1-5H3,(H,31,37)(H,32,34)(H,33,36)/t20-,24-,25-,26-,27-/m0/s1. The molecule has 1 aliphatic rings. The molecule has 1 saturated carbocycles. The van der Waals surface area contributed by atoms with Gasteiger partial charge in [0.05, 0.1) is 24.4 Å². The molecule has 1 aromatic heterocycles. The fourth-order valence-electron chi connectivity index (χ4n) is 5.21. The Labute approximate surface area is 222 Å². The maximum atomic E-state index is 13.5. The van der Waals surface area contributed by atoms with Crippen molar-refractivity contribution < 1.29 is 19.5 Å². The van der Waals surface area contributed by atoms with Crippen LogP contribution in [0.3, 0.4) is 0 Å². The highest BCUT2D eigenvalue weighted by atomic mass is 16.3. The lowest BCUT2D eigenvalue weighted by Crippen LogP contribution is -2.53. The van der Waals surface area contributed by atoms with Crippen LogP contribution in [0.4, 0.5) is 0 Å². The number of rotatable bonds is 14. The van der Waals surface area contributed by atoms with Crippen molar-refractivity contribution in [3.05, 3.63) is 30.1 Å². The minimum absolute atomic E-state index is 0.0449. The van der Waals surface area contributed by atoms with E-state index in [0.29, 0.717) is 5.92 Å². The van der Waals surface area contributed by atoms with E-state index in [1.54, 1.807) is 6.20 Å². The zero-order chi connectivity index (χ0) is 27.4.